The number of hydrogen-bond acceptors (Lipinski definition) is 4. The topological polar surface area (TPSA) is 64.3 Å². The Hall–Kier alpha value is -2.04. The third-order valence-electron chi connectivity index (χ3n) is 2.78. The van der Waals surface area contributed by atoms with Gasteiger partial charge in [-0.15, -0.1) is 0 Å². The fraction of sp³-hybridized carbons (Fsp3) is 0.385. The minimum Gasteiger partial charge on any atom is -0.299 e. The molecule has 2 rings (SSSR count). The molecule has 5 nitrogen and oxygen atoms in total. The molecule has 94 valence electrons. The Morgan fingerprint density at radius 1 is 1.28 bits per heavy atom. The van der Waals surface area contributed by atoms with Crippen LogP contribution < -0.4 is 0 Å². The standard InChI is InChI=1S/C13H15N3O2/c1-13(2,3)12(18)6-11(17)9-7-15-16-5-4-14-8-10(9)16/h4-5,7-8H,6H2,1-3H3. The predicted octanol–water partition coefficient (Wildman–Crippen LogP) is 1.92. The third-order valence-corrected chi connectivity index (χ3v) is 2.78. The van der Waals surface area contributed by atoms with Crippen LogP contribution in [-0.2, 0) is 4.79 Å². The molecule has 0 aliphatic rings. The van der Waals surface area contributed by atoms with Gasteiger partial charge in [0.1, 0.15) is 5.78 Å². The van der Waals surface area contributed by atoms with Gasteiger partial charge in [0.25, 0.3) is 0 Å². The van der Waals surface area contributed by atoms with Crippen molar-refractivity contribution in [1.29, 1.82) is 0 Å². The van der Waals surface area contributed by atoms with Crippen molar-refractivity contribution >= 4 is 17.1 Å². The van der Waals surface area contributed by atoms with Crippen LogP contribution in [0.15, 0.2) is 24.8 Å². The Labute approximate surface area is 105 Å². The van der Waals surface area contributed by atoms with E-state index in [9.17, 15) is 9.59 Å². The van der Waals surface area contributed by atoms with E-state index >= 15 is 0 Å². The number of Topliss-reactive ketones (excluding diaryl/α,β-unsaturated/α-hetero) is 2. The first-order valence-corrected chi connectivity index (χ1v) is 5.73. The molecule has 0 unspecified atom stereocenters. The Balaban J connectivity index is 2.27. The molecule has 0 bridgehead atoms. The number of aromatic nitrogens is 3. The monoisotopic (exact) mass is 245 g/mol. The molecular formula is C13H15N3O2. The Morgan fingerprint density at radius 3 is 2.67 bits per heavy atom. The van der Waals surface area contributed by atoms with Gasteiger partial charge < -0.3 is 0 Å². The molecule has 2 aromatic rings. The zero-order valence-electron chi connectivity index (χ0n) is 10.7. The van der Waals surface area contributed by atoms with Gasteiger partial charge in [-0.25, -0.2) is 4.52 Å². The highest BCUT2D eigenvalue weighted by Gasteiger charge is 2.25. The molecule has 0 aromatic carbocycles. The average Bonchev–Trinajstić information content (AvgIpc) is 2.71. The number of rotatable bonds is 3. The summed E-state index contributed by atoms with van der Waals surface area (Å²) in [6.45, 7) is 5.42. The van der Waals surface area contributed by atoms with Crippen molar-refractivity contribution in [2.75, 3.05) is 0 Å². The van der Waals surface area contributed by atoms with Crippen molar-refractivity contribution in [3.05, 3.63) is 30.4 Å². The quantitative estimate of drug-likeness (QED) is 0.612. The van der Waals surface area contributed by atoms with Crippen molar-refractivity contribution in [3.8, 4) is 0 Å². The highest BCUT2D eigenvalue weighted by Crippen LogP contribution is 2.19. The van der Waals surface area contributed by atoms with Gasteiger partial charge in [0.15, 0.2) is 5.78 Å². The zero-order chi connectivity index (χ0) is 13.3. The first-order chi connectivity index (χ1) is 8.39. The number of carbonyl (C=O) groups is 2. The predicted molar refractivity (Wildman–Crippen MR) is 66.4 cm³/mol. The summed E-state index contributed by atoms with van der Waals surface area (Å²) in [5.74, 6) is -0.284. The molecule has 18 heavy (non-hydrogen) atoms. The minimum atomic E-state index is -0.503. The van der Waals surface area contributed by atoms with Gasteiger partial charge in [0.05, 0.1) is 29.9 Å². The molecule has 2 heterocycles. The number of carbonyl (C=O) groups excluding carboxylic acids is 2. The minimum absolute atomic E-state index is 0.0734. The average molecular weight is 245 g/mol. The van der Waals surface area contributed by atoms with E-state index in [0.717, 1.165) is 0 Å². The lowest BCUT2D eigenvalue weighted by Crippen LogP contribution is -2.23. The lowest BCUT2D eigenvalue weighted by molar-refractivity contribution is -0.125. The normalized spacial score (nSPS) is 11.7. The molecule has 0 atom stereocenters. The van der Waals surface area contributed by atoms with Crippen LogP contribution in [0, 0.1) is 5.41 Å². The van der Waals surface area contributed by atoms with E-state index < -0.39 is 5.41 Å². The SMILES string of the molecule is CC(C)(C)C(=O)CC(=O)c1cnn2ccncc12. The summed E-state index contributed by atoms with van der Waals surface area (Å²) < 4.78 is 1.57. The zero-order valence-corrected chi connectivity index (χ0v) is 10.7. The highest BCUT2D eigenvalue weighted by atomic mass is 16.1. The van der Waals surface area contributed by atoms with E-state index in [1.54, 1.807) is 43.9 Å². The molecule has 0 amide bonds. The first kappa shape index (κ1) is 12.4. The fourth-order valence-corrected chi connectivity index (χ4v) is 1.56. The van der Waals surface area contributed by atoms with Gasteiger partial charge in [0, 0.05) is 17.8 Å². The molecule has 0 radical (unpaired) electrons. The summed E-state index contributed by atoms with van der Waals surface area (Å²) in [7, 11) is 0. The highest BCUT2D eigenvalue weighted by molar-refractivity contribution is 6.12. The maximum absolute atomic E-state index is 12.1. The van der Waals surface area contributed by atoms with Crippen LogP contribution in [0.25, 0.3) is 5.52 Å². The second-order valence-corrected chi connectivity index (χ2v) is 5.24. The molecule has 0 N–H and O–H groups in total. The van der Waals surface area contributed by atoms with Crippen LogP contribution in [0.3, 0.4) is 0 Å². The van der Waals surface area contributed by atoms with Crippen LogP contribution in [0.4, 0.5) is 0 Å². The van der Waals surface area contributed by atoms with Crippen molar-refractivity contribution in [3.63, 3.8) is 0 Å². The second kappa shape index (κ2) is 4.33. The molecule has 0 aliphatic heterocycles. The van der Waals surface area contributed by atoms with E-state index in [-0.39, 0.29) is 18.0 Å². The lowest BCUT2D eigenvalue weighted by atomic mass is 9.87. The van der Waals surface area contributed by atoms with Crippen LogP contribution in [0.2, 0.25) is 0 Å². The largest absolute Gasteiger partial charge is 0.299 e. The number of hydrogen-bond donors (Lipinski definition) is 0. The van der Waals surface area contributed by atoms with E-state index in [0.29, 0.717) is 11.1 Å². The summed E-state index contributed by atoms with van der Waals surface area (Å²) in [6.07, 6.45) is 6.21. The number of nitrogens with zero attached hydrogens (tertiary/aromatic N) is 3. The summed E-state index contributed by atoms with van der Waals surface area (Å²) >= 11 is 0. The number of fused-ring (bicyclic) bond motifs is 1. The fourth-order valence-electron chi connectivity index (χ4n) is 1.56. The first-order valence-electron chi connectivity index (χ1n) is 5.73. The van der Waals surface area contributed by atoms with E-state index in [2.05, 4.69) is 10.1 Å². The molecule has 0 aliphatic carbocycles. The summed E-state index contributed by atoms with van der Waals surface area (Å²) in [5, 5.41) is 4.05. The summed E-state index contributed by atoms with van der Waals surface area (Å²) in [5.41, 5.74) is 0.571. The Bertz CT molecular complexity index is 608. The van der Waals surface area contributed by atoms with E-state index in [1.165, 1.54) is 6.20 Å². The summed E-state index contributed by atoms with van der Waals surface area (Å²) in [6, 6.07) is 0. The molecule has 5 heteroatoms. The molecule has 0 saturated heterocycles. The van der Waals surface area contributed by atoms with Crippen LogP contribution in [0.1, 0.15) is 37.6 Å². The van der Waals surface area contributed by atoms with Gasteiger partial charge in [0.2, 0.25) is 0 Å². The van der Waals surface area contributed by atoms with E-state index in [4.69, 9.17) is 0 Å². The third kappa shape index (κ3) is 2.30. The van der Waals surface area contributed by atoms with Crippen molar-refractivity contribution in [1.82, 2.24) is 14.6 Å². The van der Waals surface area contributed by atoms with Crippen molar-refractivity contribution in [2.24, 2.45) is 5.41 Å². The van der Waals surface area contributed by atoms with Crippen LogP contribution in [0.5, 0.6) is 0 Å². The number of ketones is 2. The Morgan fingerprint density at radius 2 is 2.00 bits per heavy atom. The second-order valence-electron chi connectivity index (χ2n) is 5.24. The maximum Gasteiger partial charge on any atom is 0.174 e. The van der Waals surface area contributed by atoms with Gasteiger partial charge >= 0.3 is 0 Å². The van der Waals surface area contributed by atoms with E-state index in [1.807, 2.05) is 0 Å². The van der Waals surface area contributed by atoms with Crippen LogP contribution >= 0.6 is 0 Å². The van der Waals surface area contributed by atoms with Crippen molar-refractivity contribution in [2.45, 2.75) is 27.2 Å². The molecule has 0 saturated carbocycles. The van der Waals surface area contributed by atoms with Gasteiger partial charge in [-0.2, -0.15) is 5.10 Å². The Kier molecular flexibility index (Phi) is 2.98. The molecule has 0 spiro atoms. The smallest absolute Gasteiger partial charge is 0.174 e. The molecule has 0 fully saturated rings. The van der Waals surface area contributed by atoms with Crippen molar-refractivity contribution < 1.29 is 9.59 Å². The molecule has 2 aromatic heterocycles. The van der Waals surface area contributed by atoms with Crippen LogP contribution in [-0.4, -0.2) is 26.2 Å². The maximum atomic E-state index is 12.1. The molecular weight excluding hydrogens is 230 g/mol. The van der Waals surface area contributed by atoms with Gasteiger partial charge in [-0.05, 0) is 0 Å². The van der Waals surface area contributed by atoms with Gasteiger partial charge in [-0.1, -0.05) is 20.8 Å². The van der Waals surface area contributed by atoms with Gasteiger partial charge in [-0.3, -0.25) is 14.6 Å². The lowest BCUT2D eigenvalue weighted by Gasteiger charge is -2.15. The summed E-state index contributed by atoms with van der Waals surface area (Å²) in [4.78, 5) is 27.9.